The first-order chi connectivity index (χ1) is 8.99. The van der Waals surface area contributed by atoms with Crippen LogP contribution in [0.3, 0.4) is 0 Å². The van der Waals surface area contributed by atoms with Crippen molar-refractivity contribution in [2.24, 2.45) is 41.4 Å². The van der Waals surface area contributed by atoms with Gasteiger partial charge in [0.15, 0.2) is 0 Å². The topological polar surface area (TPSA) is 26.3 Å². The van der Waals surface area contributed by atoms with Gasteiger partial charge in [-0.25, -0.2) is 0 Å². The second kappa shape index (κ2) is 3.77. The fraction of sp³-hybridized carbons (Fsp3) is 0.941. The lowest BCUT2D eigenvalue weighted by Crippen LogP contribution is -2.46. The quantitative estimate of drug-likeness (QED) is 0.561. The van der Waals surface area contributed by atoms with Crippen LogP contribution in [0.1, 0.15) is 52.9 Å². The van der Waals surface area contributed by atoms with Gasteiger partial charge < -0.3 is 4.74 Å². The highest BCUT2D eigenvalue weighted by molar-refractivity contribution is 5.72. The second-order valence-electron chi connectivity index (χ2n) is 8.18. The first-order valence-electron chi connectivity index (χ1n) is 8.22. The predicted molar refractivity (Wildman–Crippen MR) is 73.4 cm³/mol. The summed E-state index contributed by atoms with van der Waals surface area (Å²) in [7, 11) is 0. The molecule has 4 aliphatic carbocycles. The maximum Gasteiger partial charge on any atom is 0.308 e. The standard InChI is InChI=1S/C17H26O2/c1-9(2)16(18)19-17(3)8-12-7-13(17)15-11-5-4-10(6-11)14(12)15/h9-15H,4-8H2,1-3H3. The van der Waals surface area contributed by atoms with Crippen LogP contribution in [0.4, 0.5) is 0 Å². The van der Waals surface area contributed by atoms with Crippen LogP contribution in [0.25, 0.3) is 0 Å². The van der Waals surface area contributed by atoms with Gasteiger partial charge in [-0.15, -0.1) is 0 Å². The average Bonchev–Trinajstić information content (AvgIpc) is 3.03. The average molecular weight is 262 g/mol. The molecule has 4 fully saturated rings. The second-order valence-corrected chi connectivity index (χ2v) is 8.18. The monoisotopic (exact) mass is 262 g/mol. The summed E-state index contributed by atoms with van der Waals surface area (Å²) in [6.45, 7) is 6.11. The van der Waals surface area contributed by atoms with Crippen molar-refractivity contribution in [3.63, 3.8) is 0 Å². The third-order valence-corrected chi connectivity index (χ3v) is 6.87. The summed E-state index contributed by atoms with van der Waals surface area (Å²) in [5, 5.41) is 0. The molecule has 0 N–H and O–H groups in total. The van der Waals surface area contributed by atoms with E-state index in [2.05, 4.69) is 6.92 Å². The summed E-state index contributed by atoms with van der Waals surface area (Å²) in [6, 6.07) is 0. The normalized spacial score (nSPS) is 53.9. The first kappa shape index (κ1) is 12.2. The Morgan fingerprint density at radius 1 is 1.11 bits per heavy atom. The van der Waals surface area contributed by atoms with E-state index in [1.54, 1.807) is 0 Å². The minimum Gasteiger partial charge on any atom is -0.459 e. The molecule has 7 unspecified atom stereocenters. The number of hydrogen-bond donors (Lipinski definition) is 0. The van der Waals surface area contributed by atoms with E-state index in [1.807, 2.05) is 13.8 Å². The number of esters is 1. The zero-order chi connectivity index (χ0) is 13.4. The Kier molecular flexibility index (Phi) is 2.42. The maximum absolute atomic E-state index is 12.0. The fourth-order valence-corrected chi connectivity index (χ4v) is 6.33. The van der Waals surface area contributed by atoms with Crippen molar-refractivity contribution in [2.45, 2.75) is 58.5 Å². The number of ether oxygens (including phenoxy) is 1. The minimum atomic E-state index is -0.141. The molecule has 0 amide bonds. The van der Waals surface area contributed by atoms with Crippen LogP contribution in [-0.2, 0) is 9.53 Å². The lowest BCUT2D eigenvalue weighted by molar-refractivity contribution is -0.172. The van der Waals surface area contributed by atoms with Crippen LogP contribution in [-0.4, -0.2) is 11.6 Å². The van der Waals surface area contributed by atoms with Crippen molar-refractivity contribution in [1.82, 2.24) is 0 Å². The Bertz CT molecular complexity index is 415. The molecular formula is C17H26O2. The Morgan fingerprint density at radius 2 is 1.79 bits per heavy atom. The van der Waals surface area contributed by atoms with Gasteiger partial charge in [-0.1, -0.05) is 13.8 Å². The zero-order valence-electron chi connectivity index (χ0n) is 12.4. The summed E-state index contributed by atoms with van der Waals surface area (Å²) in [4.78, 5) is 12.0. The van der Waals surface area contributed by atoms with E-state index >= 15 is 0 Å². The summed E-state index contributed by atoms with van der Waals surface area (Å²) < 4.78 is 5.97. The third-order valence-electron chi connectivity index (χ3n) is 6.87. The Labute approximate surface area is 116 Å². The summed E-state index contributed by atoms with van der Waals surface area (Å²) in [5.74, 6) is 5.41. The van der Waals surface area contributed by atoms with Crippen LogP contribution >= 0.6 is 0 Å². The number of rotatable bonds is 2. The van der Waals surface area contributed by atoms with E-state index in [0.29, 0.717) is 5.92 Å². The number of carbonyl (C=O) groups is 1. The molecule has 0 saturated heterocycles. The molecule has 0 heterocycles. The molecule has 106 valence electrons. The molecule has 4 aliphatic rings. The molecule has 19 heavy (non-hydrogen) atoms. The highest BCUT2D eigenvalue weighted by Gasteiger charge is 2.66. The fourth-order valence-electron chi connectivity index (χ4n) is 6.33. The molecular weight excluding hydrogens is 236 g/mol. The third kappa shape index (κ3) is 1.52. The van der Waals surface area contributed by atoms with Crippen LogP contribution in [0, 0.1) is 41.4 Å². The number of fused-ring (bicyclic) bond motifs is 9. The summed E-state index contributed by atoms with van der Waals surface area (Å²) in [6.07, 6.45) is 6.89. The summed E-state index contributed by atoms with van der Waals surface area (Å²) in [5.41, 5.74) is -0.141. The number of carbonyl (C=O) groups excluding carboxylic acids is 1. The molecule has 4 rings (SSSR count). The molecule has 4 saturated carbocycles. The van der Waals surface area contributed by atoms with Crippen molar-refractivity contribution in [3.8, 4) is 0 Å². The Morgan fingerprint density at radius 3 is 2.47 bits per heavy atom. The van der Waals surface area contributed by atoms with Gasteiger partial charge in [0.1, 0.15) is 5.60 Å². The molecule has 0 aromatic rings. The maximum atomic E-state index is 12.0. The van der Waals surface area contributed by atoms with Gasteiger partial charge in [0, 0.05) is 5.92 Å². The van der Waals surface area contributed by atoms with E-state index in [4.69, 9.17) is 4.74 Å². The molecule has 4 bridgehead atoms. The smallest absolute Gasteiger partial charge is 0.308 e. The molecule has 2 nitrogen and oxygen atoms in total. The lowest BCUT2D eigenvalue weighted by atomic mass is 9.66. The Hall–Kier alpha value is -0.530. The van der Waals surface area contributed by atoms with Crippen LogP contribution in [0.15, 0.2) is 0 Å². The SMILES string of the molecule is CC(C)C(=O)OC1(C)CC2CC1C1C3CCC(C3)C21. The van der Waals surface area contributed by atoms with E-state index in [-0.39, 0.29) is 17.5 Å². The number of hydrogen-bond acceptors (Lipinski definition) is 2. The van der Waals surface area contributed by atoms with Gasteiger partial charge in [0.2, 0.25) is 0 Å². The van der Waals surface area contributed by atoms with Gasteiger partial charge >= 0.3 is 5.97 Å². The van der Waals surface area contributed by atoms with Gasteiger partial charge in [-0.05, 0) is 68.6 Å². The zero-order valence-corrected chi connectivity index (χ0v) is 12.4. The van der Waals surface area contributed by atoms with Gasteiger partial charge in [-0.3, -0.25) is 4.79 Å². The molecule has 7 atom stereocenters. The van der Waals surface area contributed by atoms with Crippen molar-refractivity contribution in [2.75, 3.05) is 0 Å². The molecule has 0 aromatic heterocycles. The van der Waals surface area contributed by atoms with E-state index in [9.17, 15) is 4.79 Å². The van der Waals surface area contributed by atoms with E-state index < -0.39 is 0 Å². The summed E-state index contributed by atoms with van der Waals surface area (Å²) >= 11 is 0. The largest absolute Gasteiger partial charge is 0.459 e. The minimum absolute atomic E-state index is 0.00628. The highest BCUT2D eigenvalue weighted by atomic mass is 16.6. The van der Waals surface area contributed by atoms with Crippen LogP contribution < -0.4 is 0 Å². The Balaban J connectivity index is 1.57. The molecule has 0 aromatic carbocycles. The van der Waals surface area contributed by atoms with Crippen LogP contribution in [0.5, 0.6) is 0 Å². The van der Waals surface area contributed by atoms with Crippen molar-refractivity contribution in [3.05, 3.63) is 0 Å². The van der Waals surface area contributed by atoms with Crippen molar-refractivity contribution >= 4 is 5.97 Å². The van der Waals surface area contributed by atoms with E-state index in [0.717, 1.165) is 36.0 Å². The molecule has 0 spiro atoms. The first-order valence-corrected chi connectivity index (χ1v) is 8.22. The predicted octanol–water partition coefficient (Wildman–Crippen LogP) is 3.65. The van der Waals surface area contributed by atoms with Crippen LogP contribution in [0.2, 0.25) is 0 Å². The van der Waals surface area contributed by atoms with Crippen molar-refractivity contribution < 1.29 is 9.53 Å². The van der Waals surface area contributed by atoms with Gasteiger partial charge in [-0.2, -0.15) is 0 Å². The molecule has 2 heteroatoms. The molecule has 0 aliphatic heterocycles. The highest BCUT2D eigenvalue weighted by Crippen LogP contribution is 2.70. The van der Waals surface area contributed by atoms with Gasteiger partial charge in [0.05, 0.1) is 5.92 Å². The van der Waals surface area contributed by atoms with Gasteiger partial charge in [0.25, 0.3) is 0 Å². The van der Waals surface area contributed by atoms with E-state index in [1.165, 1.54) is 25.7 Å². The van der Waals surface area contributed by atoms with Crippen molar-refractivity contribution in [1.29, 1.82) is 0 Å². The molecule has 0 radical (unpaired) electrons. The lowest BCUT2D eigenvalue weighted by Gasteiger charge is -2.44.